The molecule has 1 heteroatoms. The third-order valence-electron chi connectivity index (χ3n) is 3.79. The lowest BCUT2D eigenvalue weighted by molar-refractivity contribution is 0.645. The summed E-state index contributed by atoms with van der Waals surface area (Å²) in [5.74, 6) is 0. The van der Waals surface area contributed by atoms with Gasteiger partial charge in [-0.15, -0.1) is 0 Å². The molecule has 92 valence electrons. The van der Waals surface area contributed by atoms with Crippen molar-refractivity contribution in [2.75, 3.05) is 6.54 Å². The Morgan fingerprint density at radius 1 is 1.11 bits per heavy atom. The number of aryl methyl sites for hydroxylation is 1. The molecule has 0 atom stereocenters. The molecule has 0 spiro atoms. The Morgan fingerprint density at radius 3 is 2.89 bits per heavy atom. The Balaban J connectivity index is 2.10. The van der Waals surface area contributed by atoms with Gasteiger partial charge in [0.2, 0.25) is 0 Å². The molecule has 0 aromatic heterocycles. The molecule has 0 saturated carbocycles. The summed E-state index contributed by atoms with van der Waals surface area (Å²) in [5, 5.41) is 3.44. The Labute approximate surface area is 109 Å². The van der Waals surface area contributed by atoms with Crippen molar-refractivity contribution in [3.8, 4) is 11.1 Å². The van der Waals surface area contributed by atoms with Gasteiger partial charge in [0.15, 0.2) is 0 Å². The highest BCUT2D eigenvalue weighted by Crippen LogP contribution is 2.29. The maximum Gasteiger partial charge on any atom is 0.0208 e. The second-order valence-electron chi connectivity index (χ2n) is 4.92. The molecule has 1 aliphatic rings. The standard InChI is InChI=1S/C17H19N/c1-2-13-5-3-6-14(11-13)16-8-4-7-15-12-18-10-9-17(15)16/h3-8,11,18H,2,9-10,12H2,1H3. The van der Waals surface area contributed by atoms with Gasteiger partial charge in [-0.2, -0.15) is 0 Å². The zero-order chi connectivity index (χ0) is 12.4. The van der Waals surface area contributed by atoms with Crippen LogP contribution in [0.25, 0.3) is 11.1 Å². The molecule has 0 unspecified atom stereocenters. The fourth-order valence-corrected chi connectivity index (χ4v) is 2.76. The molecule has 1 aliphatic heterocycles. The highest BCUT2D eigenvalue weighted by atomic mass is 14.9. The maximum absolute atomic E-state index is 3.44. The molecule has 1 heterocycles. The minimum atomic E-state index is 1.01. The van der Waals surface area contributed by atoms with E-state index in [-0.39, 0.29) is 0 Å². The van der Waals surface area contributed by atoms with Crippen LogP contribution in [-0.2, 0) is 19.4 Å². The molecule has 0 radical (unpaired) electrons. The first-order valence-electron chi connectivity index (χ1n) is 6.79. The van der Waals surface area contributed by atoms with Gasteiger partial charge in [-0.05, 0) is 47.2 Å². The number of hydrogen-bond acceptors (Lipinski definition) is 1. The van der Waals surface area contributed by atoms with Crippen LogP contribution in [0.3, 0.4) is 0 Å². The van der Waals surface area contributed by atoms with Gasteiger partial charge in [-0.1, -0.05) is 49.4 Å². The lowest BCUT2D eigenvalue weighted by Crippen LogP contribution is -2.24. The summed E-state index contributed by atoms with van der Waals surface area (Å²) in [6.07, 6.45) is 2.24. The quantitative estimate of drug-likeness (QED) is 0.842. The normalized spacial score (nSPS) is 14.3. The summed E-state index contributed by atoms with van der Waals surface area (Å²) < 4.78 is 0. The van der Waals surface area contributed by atoms with E-state index in [1.54, 1.807) is 0 Å². The second-order valence-corrected chi connectivity index (χ2v) is 4.92. The monoisotopic (exact) mass is 237 g/mol. The highest BCUT2D eigenvalue weighted by Gasteiger charge is 2.13. The molecule has 1 N–H and O–H groups in total. The number of hydrogen-bond donors (Lipinski definition) is 1. The van der Waals surface area contributed by atoms with Gasteiger partial charge in [0, 0.05) is 6.54 Å². The summed E-state index contributed by atoms with van der Waals surface area (Å²) in [5.41, 5.74) is 7.20. The minimum Gasteiger partial charge on any atom is -0.312 e. The van der Waals surface area contributed by atoms with E-state index in [1.165, 1.54) is 27.8 Å². The fraction of sp³-hybridized carbons (Fsp3) is 0.294. The summed E-state index contributed by atoms with van der Waals surface area (Å²) in [6.45, 7) is 4.32. The lowest BCUT2D eigenvalue weighted by Gasteiger charge is -2.20. The first-order valence-corrected chi connectivity index (χ1v) is 6.79. The largest absolute Gasteiger partial charge is 0.312 e. The van der Waals surface area contributed by atoms with Gasteiger partial charge < -0.3 is 5.32 Å². The van der Waals surface area contributed by atoms with Crippen LogP contribution < -0.4 is 5.32 Å². The SMILES string of the molecule is CCc1cccc(-c2cccc3c2CCNC3)c1. The van der Waals surface area contributed by atoms with E-state index in [9.17, 15) is 0 Å². The van der Waals surface area contributed by atoms with E-state index in [2.05, 4.69) is 54.7 Å². The summed E-state index contributed by atoms with van der Waals surface area (Å²) in [6, 6.07) is 15.6. The van der Waals surface area contributed by atoms with E-state index in [0.717, 1.165) is 25.9 Å². The van der Waals surface area contributed by atoms with Gasteiger partial charge in [-0.25, -0.2) is 0 Å². The van der Waals surface area contributed by atoms with Gasteiger partial charge in [0.1, 0.15) is 0 Å². The average Bonchev–Trinajstić information content (AvgIpc) is 2.47. The first-order chi connectivity index (χ1) is 8.88. The van der Waals surface area contributed by atoms with Crippen LogP contribution in [0.4, 0.5) is 0 Å². The fourth-order valence-electron chi connectivity index (χ4n) is 2.76. The van der Waals surface area contributed by atoms with Crippen molar-refractivity contribution in [3.05, 3.63) is 59.2 Å². The van der Waals surface area contributed by atoms with Crippen molar-refractivity contribution in [2.45, 2.75) is 26.3 Å². The van der Waals surface area contributed by atoms with Crippen molar-refractivity contribution in [2.24, 2.45) is 0 Å². The Morgan fingerprint density at radius 2 is 2.00 bits per heavy atom. The first kappa shape index (κ1) is 11.5. The number of benzene rings is 2. The number of nitrogens with one attached hydrogen (secondary N) is 1. The summed E-state index contributed by atoms with van der Waals surface area (Å²) in [4.78, 5) is 0. The molecule has 18 heavy (non-hydrogen) atoms. The third kappa shape index (κ3) is 2.06. The predicted octanol–water partition coefficient (Wildman–Crippen LogP) is 3.56. The summed E-state index contributed by atoms with van der Waals surface area (Å²) >= 11 is 0. The maximum atomic E-state index is 3.44. The third-order valence-corrected chi connectivity index (χ3v) is 3.79. The molecular formula is C17H19N. The van der Waals surface area contributed by atoms with Gasteiger partial charge in [-0.3, -0.25) is 0 Å². The van der Waals surface area contributed by atoms with Crippen LogP contribution in [0.15, 0.2) is 42.5 Å². The average molecular weight is 237 g/mol. The molecule has 2 aromatic rings. The molecule has 3 rings (SSSR count). The van der Waals surface area contributed by atoms with Crippen LogP contribution in [-0.4, -0.2) is 6.54 Å². The Kier molecular flexibility index (Phi) is 3.16. The van der Waals surface area contributed by atoms with E-state index in [4.69, 9.17) is 0 Å². The van der Waals surface area contributed by atoms with Gasteiger partial charge in [0.05, 0.1) is 0 Å². The molecule has 0 aliphatic carbocycles. The van der Waals surface area contributed by atoms with Crippen molar-refractivity contribution in [1.29, 1.82) is 0 Å². The number of fused-ring (bicyclic) bond motifs is 1. The van der Waals surface area contributed by atoms with Crippen molar-refractivity contribution < 1.29 is 0 Å². The van der Waals surface area contributed by atoms with Gasteiger partial charge in [0.25, 0.3) is 0 Å². The highest BCUT2D eigenvalue weighted by molar-refractivity contribution is 5.69. The van der Waals surface area contributed by atoms with Crippen LogP contribution in [0.5, 0.6) is 0 Å². The zero-order valence-electron chi connectivity index (χ0n) is 10.9. The van der Waals surface area contributed by atoms with Crippen molar-refractivity contribution >= 4 is 0 Å². The van der Waals surface area contributed by atoms with Crippen LogP contribution >= 0.6 is 0 Å². The van der Waals surface area contributed by atoms with E-state index in [0.29, 0.717) is 0 Å². The van der Waals surface area contributed by atoms with Crippen LogP contribution in [0.2, 0.25) is 0 Å². The van der Waals surface area contributed by atoms with Crippen LogP contribution in [0, 0.1) is 0 Å². The molecule has 2 aromatic carbocycles. The molecule has 0 fully saturated rings. The van der Waals surface area contributed by atoms with E-state index in [1.807, 2.05) is 0 Å². The van der Waals surface area contributed by atoms with Crippen molar-refractivity contribution in [3.63, 3.8) is 0 Å². The number of rotatable bonds is 2. The topological polar surface area (TPSA) is 12.0 Å². The van der Waals surface area contributed by atoms with E-state index < -0.39 is 0 Å². The van der Waals surface area contributed by atoms with E-state index >= 15 is 0 Å². The Hall–Kier alpha value is -1.60. The smallest absolute Gasteiger partial charge is 0.0208 e. The zero-order valence-corrected chi connectivity index (χ0v) is 10.9. The molecule has 1 nitrogen and oxygen atoms in total. The molecule has 0 amide bonds. The molecule has 0 saturated heterocycles. The predicted molar refractivity (Wildman–Crippen MR) is 76.7 cm³/mol. The van der Waals surface area contributed by atoms with Crippen molar-refractivity contribution in [1.82, 2.24) is 5.32 Å². The Bertz CT molecular complexity index is 557. The molecule has 0 bridgehead atoms. The molecular weight excluding hydrogens is 218 g/mol. The minimum absolute atomic E-state index is 1.01. The van der Waals surface area contributed by atoms with Gasteiger partial charge >= 0.3 is 0 Å². The lowest BCUT2D eigenvalue weighted by atomic mass is 9.91. The second kappa shape index (κ2) is 4.95. The van der Waals surface area contributed by atoms with Crippen LogP contribution in [0.1, 0.15) is 23.6 Å². The summed E-state index contributed by atoms with van der Waals surface area (Å²) in [7, 11) is 0.